The standard InChI is InChI=1S/C15H20N2S/c1-12(15-9-6-10-18-15)17(2)14(11-16)13-7-4-3-5-8-13/h3-10,12,14H,11,16H2,1-2H3. The predicted octanol–water partition coefficient (Wildman–Crippen LogP) is 3.44. The van der Waals surface area contributed by atoms with Gasteiger partial charge in [-0.25, -0.2) is 0 Å². The first-order valence-corrected chi connectivity index (χ1v) is 7.12. The molecule has 0 radical (unpaired) electrons. The Morgan fingerprint density at radius 3 is 2.44 bits per heavy atom. The van der Waals surface area contributed by atoms with Crippen LogP contribution >= 0.6 is 11.3 Å². The van der Waals surface area contributed by atoms with Crippen molar-refractivity contribution in [3.63, 3.8) is 0 Å². The van der Waals surface area contributed by atoms with E-state index in [0.29, 0.717) is 12.6 Å². The third kappa shape index (κ3) is 2.80. The van der Waals surface area contributed by atoms with Gasteiger partial charge < -0.3 is 5.73 Å². The minimum Gasteiger partial charge on any atom is -0.329 e. The summed E-state index contributed by atoms with van der Waals surface area (Å²) in [7, 11) is 2.15. The maximum atomic E-state index is 5.96. The molecule has 0 spiro atoms. The molecule has 1 heterocycles. The first kappa shape index (κ1) is 13.3. The van der Waals surface area contributed by atoms with Gasteiger partial charge in [0.15, 0.2) is 0 Å². The summed E-state index contributed by atoms with van der Waals surface area (Å²) in [5, 5.41) is 2.12. The van der Waals surface area contributed by atoms with Crippen LogP contribution in [0.2, 0.25) is 0 Å². The Balaban J connectivity index is 2.18. The fraction of sp³-hybridized carbons (Fsp3) is 0.333. The Labute approximate surface area is 113 Å². The van der Waals surface area contributed by atoms with Crippen molar-refractivity contribution >= 4 is 11.3 Å². The van der Waals surface area contributed by atoms with Crippen molar-refractivity contribution in [1.29, 1.82) is 0 Å². The molecule has 0 aliphatic carbocycles. The van der Waals surface area contributed by atoms with Crippen molar-refractivity contribution in [3.05, 3.63) is 58.3 Å². The summed E-state index contributed by atoms with van der Waals surface area (Å²) in [6, 6.07) is 15.4. The number of hydrogen-bond acceptors (Lipinski definition) is 3. The zero-order chi connectivity index (χ0) is 13.0. The van der Waals surface area contributed by atoms with E-state index >= 15 is 0 Å². The molecule has 2 unspecified atom stereocenters. The van der Waals surface area contributed by atoms with Crippen LogP contribution in [-0.2, 0) is 0 Å². The van der Waals surface area contributed by atoms with Crippen LogP contribution in [0.3, 0.4) is 0 Å². The molecule has 18 heavy (non-hydrogen) atoms. The number of nitrogens with two attached hydrogens (primary N) is 1. The largest absolute Gasteiger partial charge is 0.329 e. The van der Waals surface area contributed by atoms with E-state index in [2.05, 4.69) is 60.6 Å². The second-order valence-electron chi connectivity index (χ2n) is 4.52. The average Bonchev–Trinajstić information content (AvgIpc) is 2.94. The molecule has 2 atom stereocenters. The first-order valence-electron chi connectivity index (χ1n) is 6.24. The van der Waals surface area contributed by atoms with Crippen molar-refractivity contribution in [2.45, 2.75) is 19.0 Å². The topological polar surface area (TPSA) is 29.3 Å². The Kier molecular flexibility index (Phi) is 4.53. The van der Waals surface area contributed by atoms with Crippen LogP contribution in [0, 0.1) is 0 Å². The molecular formula is C15H20N2S. The number of nitrogens with zero attached hydrogens (tertiary/aromatic N) is 1. The second kappa shape index (κ2) is 6.14. The van der Waals surface area contributed by atoms with E-state index < -0.39 is 0 Å². The summed E-state index contributed by atoms with van der Waals surface area (Å²) in [6.45, 7) is 2.87. The molecule has 0 saturated carbocycles. The number of likely N-dealkylation sites (N-methyl/N-ethyl adjacent to an activating group) is 1. The lowest BCUT2D eigenvalue weighted by molar-refractivity contribution is 0.193. The Morgan fingerprint density at radius 2 is 1.89 bits per heavy atom. The van der Waals surface area contributed by atoms with Gasteiger partial charge in [-0.3, -0.25) is 4.90 Å². The Morgan fingerprint density at radius 1 is 1.17 bits per heavy atom. The zero-order valence-electron chi connectivity index (χ0n) is 10.9. The number of rotatable bonds is 5. The minimum atomic E-state index is 0.267. The molecule has 0 fully saturated rings. The summed E-state index contributed by atoms with van der Waals surface area (Å²) in [4.78, 5) is 3.73. The maximum absolute atomic E-state index is 5.96. The van der Waals surface area contributed by atoms with Gasteiger partial charge in [0.2, 0.25) is 0 Å². The summed E-state index contributed by atoms with van der Waals surface area (Å²) < 4.78 is 0. The van der Waals surface area contributed by atoms with Crippen molar-refractivity contribution < 1.29 is 0 Å². The van der Waals surface area contributed by atoms with E-state index in [4.69, 9.17) is 5.73 Å². The number of thiophene rings is 1. The van der Waals surface area contributed by atoms with Crippen LogP contribution in [0.15, 0.2) is 47.8 Å². The van der Waals surface area contributed by atoms with Crippen molar-refractivity contribution in [2.75, 3.05) is 13.6 Å². The maximum Gasteiger partial charge on any atom is 0.0473 e. The normalized spacial score (nSPS) is 14.7. The molecule has 2 aromatic rings. The summed E-state index contributed by atoms with van der Waals surface area (Å²) in [6.07, 6.45) is 0. The quantitative estimate of drug-likeness (QED) is 0.892. The van der Waals surface area contributed by atoms with Crippen molar-refractivity contribution in [1.82, 2.24) is 4.90 Å². The first-order chi connectivity index (χ1) is 8.74. The number of hydrogen-bond donors (Lipinski definition) is 1. The second-order valence-corrected chi connectivity index (χ2v) is 5.50. The number of benzene rings is 1. The van der Waals surface area contributed by atoms with Gasteiger partial charge in [-0.2, -0.15) is 0 Å². The van der Waals surface area contributed by atoms with Gasteiger partial charge in [0.25, 0.3) is 0 Å². The van der Waals surface area contributed by atoms with Crippen LogP contribution in [0.4, 0.5) is 0 Å². The van der Waals surface area contributed by atoms with E-state index in [9.17, 15) is 0 Å². The molecule has 1 aromatic heterocycles. The average molecular weight is 260 g/mol. The summed E-state index contributed by atoms with van der Waals surface area (Å²) >= 11 is 1.80. The van der Waals surface area contributed by atoms with Gasteiger partial charge in [0.1, 0.15) is 0 Å². The summed E-state index contributed by atoms with van der Waals surface area (Å²) in [5.74, 6) is 0. The Bertz CT molecular complexity index is 453. The lowest BCUT2D eigenvalue weighted by atomic mass is 10.0. The van der Waals surface area contributed by atoms with Crippen molar-refractivity contribution in [3.8, 4) is 0 Å². The molecular weight excluding hydrogens is 240 g/mol. The molecule has 0 aliphatic heterocycles. The highest BCUT2D eigenvalue weighted by Gasteiger charge is 2.21. The SMILES string of the molecule is CC(c1cccs1)N(C)C(CN)c1ccccc1. The Hall–Kier alpha value is -1.16. The van der Waals surface area contributed by atoms with Crippen LogP contribution in [0.25, 0.3) is 0 Å². The molecule has 0 saturated heterocycles. The molecule has 0 amide bonds. The third-order valence-electron chi connectivity index (χ3n) is 3.47. The van der Waals surface area contributed by atoms with Gasteiger partial charge in [-0.05, 0) is 31.0 Å². The van der Waals surface area contributed by atoms with E-state index in [0.717, 1.165) is 0 Å². The van der Waals surface area contributed by atoms with Crippen LogP contribution < -0.4 is 5.73 Å². The smallest absolute Gasteiger partial charge is 0.0473 e. The highest BCUT2D eigenvalue weighted by atomic mass is 32.1. The highest BCUT2D eigenvalue weighted by molar-refractivity contribution is 7.10. The summed E-state index contributed by atoms with van der Waals surface area (Å²) in [5.41, 5.74) is 7.24. The fourth-order valence-electron chi connectivity index (χ4n) is 2.21. The van der Waals surface area contributed by atoms with Gasteiger partial charge in [0, 0.05) is 23.5 Å². The molecule has 3 heteroatoms. The monoisotopic (exact) mass is 260 g/mol. The molecule has 0 bridgehead atoms. The van der Waals surface area contributed by atoms with Crippen LogP contribution in [-0.4, -0.2) is 18.5 Å². The molecule has 1 aromatic carbocycles. The molecule has 0 aliphatic rings. The van der Waals surface area contributed by atoms with Gasteiger partial charge in [0.05, 0.1) is 0 Å². The van der Waals surface area contributed by atoms with Crippen molar-refractivity contribution in [2.24, 2.45) is 5.73 Å². The van der Waals surface area contributed by atoms with E-state index in [-0.39, 0.29) is 6.04 Å². The third-order valence-corrected chi connectivity index (χ3v) is 4.51. The van der Waals surface area contributed by atoms with Crippen LogP contribution in [0.5, 0.6) is 0 Å². The molecule has 96 valence electrons. The van der Waals surface area contributed by atoms with E-state index in [1.807, 2.05) is 6.07 Å². The van der Waals surface area contributed by atoms with Gasteiger partial charge >= 0.3 is 0 Å². The molecule has 2 nitrogen and oxygen atoms in total. The van der Waals surface area contributed by atoms with E-state index in [1.54, 1.807) is 11.3 Å². The van der Waals surface area contributed by atoms with Crippen LogP contribution in [0.1, 0.15) is 29.4 Å². The predicted molar refractivity (Wildman–Crippen MR) is 78.7 cm³/mol. The zero-order valence-corrected chi connectivity index (χ0v) is 11.7. The minimum absolute atomic E-state index is 0.267. The van der Waals surface area contributed by atoms with Gasteiger partial charge in [-0.1, -0.05) is 36.4 Å². The lowest BCUT2D eigenvalue weighted by Crippen LogP contribution is -2.32. The lowest BCUT2D eigenvalue weighted by Gasteiger charge is -2.32. The highest BCUT2D eigenvalue weighted by Crippen LogP contribution is 2.30. The van der Waals surface area contributed by atoms with Gasteiger partial charge in [-0.15, -0.1) is 11.3 Å². The molecule has 2 rings (SSSR count). The molecule has 2 N–H and O–H groups in total. The van der Waals surface area contributed by atoms with E-state index in [1.165, 1.54) is 10.4 Å². The fourth-order valence-corrected chi connectivity index (χ4v) is 3.05.